The Bertz CT molecular complexity index is 3550. The molecule has 0 saturated heterocycles. The van der Waals surface area contributed by atoms with Crippen molar-refractivity contribution < 1.29 is 0 Å². The lowest BCUT2D eigenvalue weighted by atomic mass is 9.92. The molecule has 62 heavy (non-hydrogen) atoms. The first-order chi connectivity index (χ1) is 30.6. The van der Waals surface area contributed by atoms with Crippen LogP contribution < -0.4 is 4.90 Å². The minimum absolute atomic E-state index is 0.0906. The number of benzene rings is 9. The number of allylic oxidation sites excluding steroid dienone is 4. The summed E-state index contributed by atoms with van der Waals surface area (Å²) in [6.07, 6.45) is 8.83. The monoisotopic (exact) mass is 795 g/mol. The van der Waals surface area contributed by atoms with E-state index in [1.54, 1.807) is 0 Å². The van der Waals surface area contributed by atoms with E-state index in [2.05, 4.69) is 234 Å². The molecular weight excluding hydrogens is 751 g/mol. The Morgan fingerprint density at radius 2 is 1.05 bits per heavy atom. The fourth-order valence-corrected chi connectivity index (χ4v) is 10.5. The number of aromatic nitrogens is 2. The largest absolute Gasteiger partial charge is 0.332 e. The molecule has 0 bridgehead atoms. The number of fused-ring (bicyclic) bond motifs is 10. The first-order valence-electron chi connectivity index (χ1n) is 21.9. The highest BCUT2D eigenvalue weighted by Crippen LogP contribution is 2.47. The third-order valence-corrected chi connectivity index (χ3v) is 13.4. The lowest BCUT2D eigenvalue weighted by Crippen LogP contribution is -2.22. The van der Waals surface area contributed by atoms with Crippen molar-refractivity contribution in [1.29, 1.82) is 0 Å². The molecule has 1 aliphatic rings. The Morgan fingerprint density at radius 3 is 1.73 bits per heavy atom. The third-order valence-electron chi connectivity index (χ3n) is 13.4. The zero-order valence-corrected chi connectivity index (χ0v) is 35.0. The van der Waals surface area contributed by atoms with Crippen molar-refractivity contribution >= 4 is 82.1 Å². The molecule has 1 atom stereocenters. The Hall–Kier alpha value is -7.62. The van der Waals surface area contributed by atoms with Gasteiger partial charge in [0, 0.05) is 38.9 Å². The highest BCUT2D eigenvalue weighted by molar-refractivity contribution is 6.25. The van der Waals surface area contributed by atoms with Crippen LogP contribution in [0, 0.1) is 6.92 Å². The summed E-state index contributed by atoms with van der Waals surface area (Å²) in [4.78, 5) is 2.56. The van der Waals surface area contributed by atoms with Crippen molar-refractivity contribution in [2.24, 2.45) is 0 Å². The van der Waals surface area contributed by atoms with Crippen LogP contribution >= 0.6 is 0 Å². The Balaban J connectivity index is 1.06. The van der Waals surface area contributed by atoms with Crippen molar-refractivity contribution in [2.45, 2.75) is 32.7 Å². The maximum atomic E-state index is 2.56. The Labute approximate surface area is 361 Å². The van der Waals surface area contributed by atoms with Gasteiger partial charge in [0.05, 0.1) is 28.3 Å². The molecule has 3 heteroatoms. The van der Waals surface area contributed by atoms with E-state index in [1.807, 2.05) is 0 Å². The van der Waals surface area contributed by atoms with Gasteiger partial charge in [-0.2, -0.15) is 0 Å². The molecule has 2 heterocycles. The van der Waals surface area contributed by atoms with Gasteiger partial charge in [-0.15, -0.1) is 0 Å². The topological polar surface area (TPSA) is 13.1 Å². The van der Waals surface area contributed by atoms with Crippen LogP contribution in [-0.2, 0) is 0 Å². The van der Waals surface area contributed by atoms with E-state index in [9.17, 15) is 0 Å². The van der Waals surface area contributed by atoms with Crippen LogP contribution in [0.15, 0.2) is 206 Å². The van der Waals surface area contributed by atoms with Gasteiger partial charge in [-0.1, -0.05) is 152 Å². The SMILES string of the molecule is Cc1c(N(c2ccccc2)C(C)c2ccccc2)c2cc3c4ccccc4n(-c4ccc(-c5ccc6c7ccccc7c7ccccc7c6c5)cc4)c3cc2n1C1=CC=CCC1. The number of para-hydroxylation sites is 2. The second-order valence-corrected chi connectivity index (χ2v) is 16.8. The van der Waals surface area contributed by atoms with Crippen LogP contribution in [0.2, 0.25) is 0 Å². The number of hydrogen-bond donors (Lipinski definition) is 0. The van der Waals surface area contributed by atoms with Crippen LogP contribution in [-0.4, -0.2) is 9.13 Å². The van der Waals surface area contributed by atoms with Crippen LogP contribution in [0.4, 0.5) is 11.4 Å². The standard InChI is InChI=1S/C59H45N3/c1-39(41-18-6-3-7-19-41)61(45-22-10-5-11-23-45)59-40(2)60(44-20-8-4-9-21-44)58-38-57-54(37-55(58)59)52-28-16-17-29-56(52)62(57)46-33-30-42(31-34-46)43-32-35-51-49-26-13-12-24-47(49)48-25-14-15-27-50(48)53(51)36-43/h3-8,10-20,22-39H,9,21H2,1-2H3. The molecule has 0 radical (unpaired) electrons. The molecule has 9 aromatic carbocycles. The second kappa shape index (κ2) is 14.5. The maximum absolute atomic E-state index is 2.56. The minimum Gasteiger partial charge on any atom is -0.332 e. The van der Waals surface area contributed by atoms with Crippen molar-refractivity contribution in [3.63, 3.8) is 0 Å². The number of anilines is 2. The van der Waals surface area contributed by atoms with E-state index < -0.39 is 0 Å². The lowest BCUT2D eigenvalue weighted by Gasteiger charge is -2.32. The molecule has 1 unspecified atom stereocenters. The summed E-state index contributed by atoms with van der Waals surface area (Å²) in [5, 5.41) is 11.5. The highest BCUT2D eigenvalue weighted by Gasteiger charge is 2.28. The smallest absolute Gasteiger partial charge is 0.0710 e. The predicted molar refractivity (Wildman–Crippen MR) is 265 cm³/mol. The zero-order valence-electron chi connectivity index (χ0n) is 35.0. The predicted octanol–water partition coefficient (Wildman–Crippen LogP) is 16.3. The van der Waals surface area contributed by atoms with Gasteiger partial charge < -0.3 is 14.0 Å². The molecular formula is C59H45N3. The van der Waals surface area contributed by atoms with E-state index in [0.717, 1.165) is 18.5 Å². The summed E-state index contributed by atoms with van der Waals surface area (Å²) in [5.74, 6) is 0. The van der Waals surface area contributed by atoms with Gasteiger partial charge in [-0.3, -0.25) is 0 Å². The molecule has 0 saturated carbocycles. The maximum Gasteiger partial charge on any atom is 0.0710 e. The van der Waals surface area contributed by atoms with Crippen LogP contribution in [0.3, 0.4) is 0 Å². The van der Waals surface area contributed by atoms with Crippen molar-refractivity contribution in [3.8, 4) is 16.8 Å². The van der Waals surface area contributed by atoms with E-state index in [1.165, 1.54) is 104 Å². The minimum atomic E-state index is 0.0906. The Morgan fingerprint density at radius 1 is 0.468 bits per heavy atom. The zero-order chi connectivity index (χ0) is 41.3. The van der Waals surface area contributed by atoms with Gasteiger partial charge in [-0.05, 0) is 130 Å². The van der Waals surface area contributed by atoms with Crippen LogP contribution in [0.25, 0.3) is 87.5 Å². The summed E-state index contributed by atoms with van der Waals surface area (Å²) in [5.41, 5.74) is 13.5. The van der Waals surface area contributed by atoms with E-state index in [4.69, 9.17) is 0 Å². The molecule has 0 N–H and O–H groups in total. The molecule has 1 aliphatic carbocycles. The molecule has 12 rings (SSSR count). The molecule has 0 spiro atoms. The molecule has 0 amide bonds. The summed E-state index contributed by atoms with van der Waals surface area (Å²) in [7, 11) is 0. The van der Waals surface area contributed by atoms with E-state index >= 15 is 0 Å². The average Bonchev–Trinajstić information content (AvgIpc) is 3.81. The van der Waals surface area contributed by atoms with Crippen LogP contribution in [0.5, 0.6) is 0 Å². The Kier molecular flexibility index (Phi) is 8.50. The second-order valence-electron chi connectivity index (χ2n) is 16.8. The van der Waals surface area contributed by atoms with Gasteiger partial charge in [0.25, 0.3) is 0 Å². The van der Waals surface area contributed by atoms with Gasteiger partial charge in [0.2, 0.25) is 0 Å². The van der Waals surface area contributed by atoms with Gasteiger partial charge in [0.15, 0.2) is 0 Å². The summed E-state index contributed by atoms with van der Waals surface area (Å²) in [6.45, 7) is 4.65. The van der Waals surface area contributed by atoms with E-state index in [0.29, 0.717) is 0 Å². The first-order valence-corrected chi connectivity index (χ1v) is 21.9. The summed E-state index contributed by atoms with van der Waals surface area (Å²) >= 11 is 0. The lowest BCUT2D eigenvalue weighted by molar-refractivity contribution is 0.771. The van der Waals surface area contributed by atoms with Crippen molar-refractivity contribution in [3.05, 3.63) is 218 Å². The van der Waals surface area contributed by atoms with Crippen molar-refractivity contribution in [1.82, 2.24) is 9.13 Å². The summed E-state index contributed by atoms with van der Waals surface area (Å²) in [6, 6.07) is 69.6. The van der Waals surface area contributed by atoms with Gasteiger partial charge >= 0.3 is 0 Å². The first kappa shape index (κ1) is 36.2. The van der Waals surface area contributed by atoms with Gasteiger partial charge in [0.1, 0.15) is 0 Å². The van der Waals surface area contributed by atoms with Crippen LogP contribution in [0.1, 0.15) is 37.1 Å². The molecule has 296 valence electrons. The highest BCUT2D eigenvalue weighted by atomic mass is 15.2. The summed E-state index contributed by atoms with van der Waals surface area (Å²) < 4.78 is 5.01. The molecule has 0 fully saturated rings. The normalized spacial score (nSPS) is 13.5. The third kappa shape index (κ3) is 5.65. The van der Waals surface area contributed by atoms with Crippen molar-refractivity contribution in [2.75, 3.05) is 4.90 Å². The fraction of sp³-hybridized carbons (Fsp3) is 0.0847. The fourth-order valence-electron chi connectivity index (χ4n) is 10.5. The molecule has 2 aromatic heterocycles. The number of nitrogens with zero attached hydrogens (tertiary/aromatic N) is 3. The molecule has 11 aromatic rings. The van der Waals surface area contributed by atoms with E-state index in [-0.39, 0.29) is 6.04 Å². The number of rotatable bonds is 7. The average molecular weight is 796 g/mol. The quantitative estimate of drug-likeness (QED) is 0.146. The van der Waals surface area contributed by atoms with Gasteiger partial charge in [-0.25, -0.2) is 0 Å². The molecule has 0 aliphatic heterocycles. The molecule has 3 nitrogen and oxygen atoms in total. The number of hydrogen-bond acceptors (Lipinski definition) is 1.